The molecule has 0 bridgehead atoms. The Hall–Kier alpha value is -1.78. The Bertz CT molecular complexity index is 1160. The van der Waals surface area contributed by atoms with Crippen molar-refractivity contribution >= 4 is 49.7 Å². The van der Waals surface area contributed by atoms with Gasteiger partial charge in [0.1, 0.15) is 11.6 Å². The van der Waals surface area contributed by atoms with Crippen molar-refractivity contribution in [3.8, 4) is 11.3 Å². The molecule has 11 heteroatoms. The van der Waals surface area contributed by atoms with Crippen molar-refractivity contribution in [2.75, 3.05) is 31.1 Å². The minimum absolute atomic E-state index is 0.0538. The smallest absolute Gasteiger partial charge is 0.243 e. The molecule has 3 aromatic rings. The number of aromatic nitrogens is 1. The van der Waals surface area contributed by atoms with E-state index in [0.29, 0.717) is 29.5 Å². The van der Waals surface area contributed by atoms with Crippen LogP contribution >= 0.6 is 34.5 Å². The van der Waals surface area contributed by atoms with Crippen LogP contribution in [0.25, 0.3) is 11.3 Å². The maximum atomic E-state index is 13.5. The van der Waals surface area contributed by atoms with Crippen LogP contribution in [0.5, 0.6) is 0 Å². The van der Waals surface area contributed by atoms with Crippen LogP contribution in [0.3, 0.4) is 0 Å². The highest BCUT2D eigenvalue weighted by Crippen LogP contribution is 2.30. The highest BCUT2D eigenvalue weighted by atomic mass is 35.5. The summed E-state index contributed by atoms with van der Waals surface area (Å²) in [5.41, 5.74) is 0.825. The molecule has 0 saturated carbocycles. The van der Waals surface area contributed by atoms with E-state index in [-0.39, 0.29) is 28.0 Å². The van der Waals surface area contributed by atoms with E-state index in [1.807, 2.05) is 4.90 Å². The van der Waals surface area contributed by atoms with Crippen LogP contribution in [0.1, 0.15) is 0 Å². The van der Waals surface area contributed by atoms with Crippen molar-refractivity contribution in [1.82, 2.24) is 9.29 Å². The zero-order valence-corrected chi connectivity index (χ0v) is 18.5. The predicted octanol–water partition coefficient (Wildman–Crippen LogP) is 4.91. The summed E-state index contributed by atoms with van der Waals surface area (Å²) in [5, 5.41) is 2.89. The molecule has 0 amide bonds. The van der Waals surface area contributed by atoms with Gasteiger partial charge in [-0.15, -0.1) is 11.3 Å². The van der Waals surface area contributed by atoms with Crippen LogP contribution in [0.4, 0.5) is 13.9 Å². The first-order valence-corrected chi connectivity index (χ1v) is 11.9. The molecular formula is C19H15Cl2F2N3O2S2. The van der Waals surface area contributed by atoms with Crippen molar-refractivity contribution in [2.45, 2.75) is 4.90 Å². The van der Waals surface area contributed by atoms with E-state index in [4.69, 9.17) is 23.2 Å². The fraction of sp³-hybridized carbons (Fsp3) is 0.211. The number of benzene rings is 2. The lowest BCUT2D eigenvalue weighted by molar-refractivity contribution is 0.385. The van der Waals surface area contributed by atoms with Crippen LogP contribution in [-0.2, 0) is 10.0 Å². The number of halogens is 4. The zero-order chi connectivity index (χ0) is 21.5. The molecular weight excluding hydrogens is 475 g/mol. The Morgan fingerprint density at radius 2 is 1.50 bits per heavy atom. The molecule has 1 fully saturated rings. The van der Waals surface area contributed by atoms with Gasteiger partial charge in [0.15, 0.2) is 5.13 Å². The Morgan fingerprint density at radius 1 is 0.900 bits per heavy atom. The molecule has 2 aromatic carbocycles. The molecule has 0 aliphatic carbocycles. The Morgan fingerprint density at radius 3 is 2.10 bits per heavy atom. The first kappa shape index (κ1) is 21.5. The van der Waals surface area contributed by atoms with E-state index in [2.05, 4.69) is 4.98 Å². The first-order valence-electron chi connectivity index (χ1n) is 8.85. The number of hydrogen-bond donors (Lipinski definition) is 0. The molecule has 0 unspecified atom stereocenters. The average molecular weight is 490 g/mol. The third kappa shape index (κ3) is 4.45. The lowest BCUT2D eigenvalue weighted by Crippen LogP contribution is -2.48. The van der Waals surface area contributed by atoms with Crippen LogP contribution < -0.4 is 4.90 Å². The van der Waals surface area contributed by atoms with E-state index in [9.17, 15) is 17.2 Å². The molecule has 5 nitrogen and oxygen atoms in total. The van der Waals surface area contributed by atoms with Crippen molar-refractivity contribution in [2.24, 2.45) is 0 Å². The molecule has 0 atom stereocenters. The predicted molar refractivity (Wildman–Crippen MR) is 115 cm³/mol. The van der Waals surface area contributed by atoms with Gasteiger partial charge in [-0.05, 0) is 30.3 Å². The van der Waals surface area contributed by atoms with Gasteiger partial charge >= 0.3 is 0 Å². The van der Waals surface area contributed by atoms with Crippen molar-refractivity contribution in [3.63, 3.8) is 0 Å². The fourth-order valence-corrected chi connectivity index (χ4v) is 6.23. The van der Waals surface area contributed by atoms with E-state index >= 15 is 0 Å². The number of thiazole rings is 1. The number of sulfonamides is 1. The fourth-order valence-electron chi connectivity index (χ4n) is 3.19. The summed E-state index contributed by atoms with van der Waals surface area (Å²) in [5.74, 6) is -1.33. The third-order valence-corrected chi connectivity index (χ3v) is 7.85. The quantitative estimate of drug-likeness (QED) is 0.522. The maximum absolute atomic E-state index is 13.5. The second-order valence-electron chi connectivity index (χ2n) is 6.67. The summed E-state index contributed by atoms with van der Waals surface area (Å²) in [7, 11) is -3.72. The normalized spacial score (nSPS) is 15.5. The lowest BCUT2D eigenvalue weighted by atomic mass is 10.1. The molecule has 2 heterocycles. The number of anilines is 1. The van der Waals surface area contributed by atoms with Gasteiger partial charge in [0.05, 0.1) is 10.6 Å². The van der Waals surface area contributed by atoms with Crippen LogP contribution in [0.2, 0.25) is 10.0 Å². The van der Waals surface area contributed by atoms with Crippen LogP contribution in [0.15, 0.2) is 46.7 Å². The number of piperazine rings is 1. The van der Waals surface area contributed by atoms with Gasteiger partial charge in [-0.1, -0.05) is 23.2 Å². The number of nitrogens with zero attached hydrogens (tertiary/aromatic N) is 3. The second-order valence-corrected chi connectivity index (χ2v) is 10.3. The SMILES string of the molecule is O=S(=O)(c1cc(Cl)cc(Cl)c1)N1CCN(c2nc(-c3cc(F)cc(F)c3)cs2)CC1. The number of rotatable bonds is 4. The molecule has 30 heavy (non-hydrogen) atoms. The molecule has 0 radical (unpaired) electrons. The Labute approximate surface area is 186 Å². The molecule has 1 aliphatic heterocycles. The molecule has 158 valence electrons. The van der Waals surface area contributed by atoms with Crippen molar-refractivity contribution < 1.29 is 17.2 Å². The van der Waals surface area contributed by atoms with Gasteiger partial charge in [0.25, 0.3) is 0 Å². The van der Waals surface area contributed by atoms with E-state index in [0.717, 1.165) is 6.07 Å². The summed E-state index contributed by atoms with van der Waals surface area (Å²) in [6, 6.07) is 7.49. The third-order valence-electron chi connectivity index (χ3n) is 4.63. The number of hydrogen-bond acceptors (Lipinski definition) is 5. The first-order chi connectivity index (χ1) is 14.2. The van der Waals surface area contributed by atoms with E-state index in [1.54, 1.807) is 5.38 Å². The summed E-state index contributed by atoms with van der Waals surface area (Å²) in [4.78, 5) is 6.46. The van der Waals surface area contributed by atoms with E-state index < -0.39 is 21.7 Å². The van der Waals surface area contributed by atoms with Gasteiger partial charge in [-0.25, -0.2) is 22.2 Å². The van der Waals surface area contributed by atoms with Crippen molar-refractivity contribution in [1.29, 1.82) is 0 Å². The molecule has 1 saturated heterocycles. The van der Waals surface area contributed by atoms with Gasteiger partial charge in [0.2, 0.25) is 10.0 Å². The molecule has 1 aliphatic rings. The largest absolute Gasteiger partial charge is 0.345 e. The highest BCUT2D eigenvalue weighted by Gasteiger charge is 2.30. The summed E-state index contributed by atoms with van der Waals surface area (Å²) in [6.07, 6.45) is 0. The van der Waals surface area contributed by atoms with Crippen LogP contribution in [-0.4, -0.2) is 43.9 Å². The topological polar surface area (TPSA) is 53.5 Å². The Kier molecular flexibility index (Phi) is 6.00. The average Bonchev–Trinajstić information content (AvgIpc) is 3.17. The second kappa shape index (κ2) is 8.39. The molecule has 0 spiro atoms. The van der Waals surface area contributed by atoms with Gasteiger partial charge in [0, 0.05) is 53.2 Å². The van der Waals surface area contributed by atoms with Gasteiger partial charge in [-0.3, -0.25) is 0 Å². The maximum Gasteiger partial charge on any atom is 0.243 e. The summed E-state index contributed by atoms with van der Waals surface area (Å²) in [6.45, 7) is 1.38. The minimum Gasteiger partial charge on any atom is -0.345 e. The van der Waals surface area contributed by atoms with Crippen LogP contribution in [0, 0.1) is 11.6 Å². The standard InChI is InChI=1S/C19H15Cl2F2N3O2S2/c20-13-7-14(21)9-17(8-13)30(27,28)26-3-1-25(2-4-26)19-24-18(11-29-19)12-5-15(22)10-16(23)6-12/h5-11H,1-4H2. The minimum atomic E-state index is -3.72. The Balaban J connectivity index is 1.48. The zero-order valence-electron chi connectivity index (χ0n) is 15.4. The lowest BCUT2D eigenvalue weighted by Gasteiger charge is -2.33. The van der Waals surface area contributed by atoms with Gasteiger partial charge < -0.3 is 4.90 Å². The molecule has 4 rings (SSSR count). The summed E-state index contributed by atoms with van der Waals surface area (Å²) < 4.78 is 54.1. The van der Waals surface area contributed by atoms with Crippen molar-refractivity contribution in [3.05, 3.63) is 63.5 Å². The highest BCUT2D eigenvalue weighted by molar-refractivity contribution is 7.89. The molecule has 0 N–H and O–H groups in total. The van der Waals surface area contributed by atoms with E-state index in [1.165, 1.54) is 46.0 Å². The molecule has 1 aromatic heterocycles. The summed E-state index contributed by atoms with van der Waals surface area (Å²) >= 11 is 13.2. The van der Waals surface area contributed by atoms with Gasteiger partial charge in [-0.2, -0.15) is 4.31 Å². The monoisotopic (exact) mass is 489 g/mol.